The van der Waals surface area contributed by atoms with Crippen molar-refractivity contribution in [2.45, 2.75) is 39.3 Å². The van der Waals surface area contributed by atoms with Crippen LogP contribution in [-0.2, 0) is 6.54 Å². The van der Waals surface area contributed by atoms with Crippen molar-refractivity contribution >= 4 is 16.6 Å². The molecule has 1 aliphatic rings. The number of hydrogen-bond donors (Lipinski definition) is 2. The van der Waals surface area contributed by atoms with E-state index in [-0.39, 0.29) is 0 Å². The van der Waals surface area contributed by atoms with Crippen LogP contribution in [0.4, 0.5) is 5.69 Å². The first-order valence-electron chi connectivity index (χ1n) is 9.15. The van der Waals surface area contributed by atoms with Crippen LogP contribution in [0, 0.1) is 13.8 Å². The number of aromatic amines is 1. The Bertz CT molecular complexity index is 867. The Balaban J connectivity index is 1.41. The summed E-state index contributed by atoms with van der Waals surface area (Å²) in [5.74, 6) is 0. The van der Waals surface area contributed by atoms with Crippen LogP contribution >= 0.6 is 0 Å². The third-order valence-corrected chi connectivity index (χ3v) is 5.21. The number of rotatable bonds is 4. The molecule has 0 radical (unpaired) electrons. The zero-order valence-corrected chi connectivity index (χ0v) is 15.0. The molecule has 4 rings (SSSR count). The molecule has 0 bridgehead atoms. The Hall–Kier alpha value is -2.33. The molecule has 1 fully saturated rings. The molecule has 3 aromatic rings. The van der Waals surface area contributed by atoms with Gasteiger partial charge in [-0.2, -0.15) is 5.10 Å². The van der Waals surface area contributed by atoms with Crippen LogP contribution in [-0.4, -0.2) is 34.2 Å². The molecule has 130 valence electrons. The zero-order chi connectivity index (χ0) is 17.2. The SMILES string of the molecule is Cc1ccc(CN2CCCC(Nc3ccc4[nH]ncc4c3)C2)c(C)c1. The first-order valence-corrected chi connectivity index (χ1v) is 9.15. The predicted molar refractivity (Wildman–Crippen MR) is 104 cm³/mol. The standard InChI is InChI=1S/C21H26N4/c1-15-5-6-17(16(2)10-15)13-25-9-3-4-20(14-25)23-19-7-8-21-18(11-19)12-22-24-21/h5-8,10-12,20,23H,3-4,9,13-14H2,1-2H3,(H,22,24). The van der Waals surface area contributed by atoms with Gasteiger partial charge in [0.2, 0.25) is 0 Å². The summed E-state index contributed by atoms with van der Waals surface area (Å²) in [7, 11) is 0. The molecule has 1 unspecified atom stereocenters. The summed E-state index contributed by atoms with van der Waals surface area (Å²) in [6.07, 6.45) is 4.36. The summed E-state index contributed by atoms with van der Waals surface area (Å²) in [6.45, 7) is 7.71. The molecule has 0 aliphatic carbocycles. The van der Waals surface area contributed by atoms with Gasteiger partial charge >= 0.3 is 0 Å². The van der Waals surface area contributed by atoms with E-state index in [1.54, 1.807) is 0 Å². The number of aryl methyl sites for hydroxylation is 2. The number of fused-ring (bicyclic) bond motifs is 1. The summed E-state index contributed by atoms with van der Waals surface area (Å²) < 4.78 is 0. The van der Waals surface area contributed by atoms with E-state index >= 15 is 0 Å². The highest BCUT2D eigenvalue weighted by Crippen LogP contribution is 2.22. The van der Waals surface area contributed by atoms with Crippen LogP contribution in [0.5, 0.6) is 0 Å². The molecule has 4 heteroatoms. The Morgan fingerprint density at radius 2 is 2.12 bits per heavy atom. The second-order valence-corrected chi connectivity index (χ2v) is 7.32. The molecule has 1 aliphatic heterocycles. The molecule has 0 spiro atoms. The number of benzene rings is 2. The van der Waals surface area contributed by atoms with Crippen molar-refractivity contribution in [1.82, 2.24) is 15.1 Å². The molecule has 2 heterocycles. The summed E-state index contributed by atoms with van der Waals surface area (Å²) in [6, 6.07) is 13.7. The highest BCUT2D eigenvalue weighted by atomic mass is 15.2. The lowest BCUT2D eigenvalue weighted by atomic mass is 10.0. The molecular formula is C21H26N4. The van der Waals surface area contributed by atoms with Crippen LogP contribution in [0.15, 0.2) is 42.6 Å². The van der Waals surface area contributed by atoms with Gasteiger partial charge in [0.25, 0.3) is 0 Å². The van der Waals surface area contributed by atoms with E-state index in [9.17, 15) is 0 Å². The van der Waals surface area contributed by atoms with Gasteiger partial charge in [-0.3, -0.25) is 10.00 Å². The van der Waals surface area contributed by atoms with Crippen LogP contribution < -0.4 is 5.32 Å². The number of aromatic nitrogens is 2. The van der Waals surface area contributed by atoms with Gasteiger partial charge in [-0.1, -0.05) is 23.8 Å². The lowest BCUT2D eigenvalue weighted by Crippen LogP contribution is -2.41. The number of hydrogen-bond acceptors (Lipinski definition) is 3. The van der Waals surface area contributed by atoms with Crippen molar-refractivity contribution in [2.75, 3.05) is 18.4 Å². The number of piperidine rings is 1. The molecular weight excluding hydrogens is 308 g/mol. The predicted octanol–water partition coefficient (Wildman–Crippen LogP) is 4.26. The lowest BCUT2D eigenvalue weighted by Gasteiger charge is -2.34. The summed E-state index contributed by atoms with van der Waals surface area (Å²) in [5.41, 5.74) is 6.47. The highest BCUT2D eigenvalue weighted by Gasteiger charge is 2.20. The van der Waals surface area contributed by atoms with Gasteiger partial charge in [-0.25, -0.2) is 0 Å². The maximum Gasteiger partial charge on any atom is 0.0651 e. The van der Waals surface area contributed by atoms with Crippen molar-refractivity contribution in [2.24, 2.45) is 0 Å². The molecule has 0 amide bonds. The van der Waals surface area contributed by atoms with Crippen molar-refractivity contribution < 1.29 is 0 Å². The number of nitrogens with one attached hydrogen (secondary N) is 2. The van der Waals surface area contributed by atoms with Gasteiger partial charge in [0.1, 0.15) is 0 Å². The molecule has 2 aromatic carbocycles. The molecule has 2 N–H and O–H groups in total. The fourth-order valence-corrected chi connectivity index (χ4v) is 3.85. The van der Waals surface area contributed by atoms with Crippen molar-refractivity contribution in [3.05, 3.63) is 59.3 Å². The van der Waals surface area contributed by atoms with E-state index < -0.39 is 0 Å². The van der Waals surface area contributed by atoms with Crippen molar-refractivity contribution in [1.29, 1.82) is 0 Å². The Kier molecular flexibility index (Phi) is 4.45. The van der Waals surface area contributed by atoms with Crippen LogP contribution in [0.25, 0.3) is 10.9 Å². The zero-order valence-electron chi connectivity index (χ0n) is 15.0. The van der Waals surface area contributed by atoms with Gasteiger partial charge in [0.15, 0.2) is 0 Å². The van der Waals surface area contributed by atoms with E-state index in [2.05, 4.69) is 70.7 Å². The minimum absolute atomic E-state index is 0.504. The molecule has 25 heavy (non-hydrogen) atoms. The summed E-state index contributed by atoms with van der Waals surface area (Å²) in [4.78, 5) is 2.58. The molecule has 4 nitrogen and oxygen atoms in total. The van der Waals surface area contributed by atoms with Gasteiger partial charge < -0.3 is 5.32 Å². The van der Waals surface area contributed by atoms with Gasteiger partial charge in [-0.15, -0.1) is 0 Å². The average Bonchev–Trinajstić information content (AvgIpc) is 3.05. The summed E-state index contributed by atoms with van der Waals surface area (Å²) >= 11 is 0. The summed E-state index contributed by atoms with van der Waals surface area (Å²) in [5, 5.41) is 12.0. The molecule has 1 aromatic heterocycles. The second-order valence-electron chi connectivity index (χ2n) is 7.32. The maximum absolute atomic E-state index is 4.10. The number of nitrogens with zero attached hydrogens (tertiary/aromatic N) is 2. The third kappa shape index (κ3) is 3.69. The van der Waals surface area contributed by atoms with E-state index in [4.69, 9.17) is 0 Å². The number of anilines is 1. The van der Waals surface area contributed by atoms with E-state index in [1.165, 1.54) is 41.8 Å². The Morgan fingerprint density at radius 3 is 3.00 bits per heavy atom. The van der Waals surface area contributed by atoms with Gasteiger partial charge in [0, 0.05) is 30.2 Å². The fraction of sp³-hybridized carbons (Fsp3) is 0.381. The van der Waals surface area contributed by atoms with Crippen molar-refractivity contribution in [3.63, 3.8) is 0 Å². The monoisotopic (exact) mass is 334 g/mol. The van der Waals surface area contributed by atoms with Gasteiger partial charge in [-0.05, 0) is 62.6 Å². The van der Waals surface area contributed by atoms with Gasteiger partial charge in [0.05, 0.1) is 11.7 Å². The van der Waals surface area contributed by atoms with Crippen molar-refractivity contribution in [3.8, 4) is 0 Å². The Morgan fingerprint density at radius 1 is 1.20 bits per heavy atom. The van der Waals surface area contributed by atoms with Crippen LogP contribution in [0.2, 0.25) is 0 Å². The Labute approximate surface area is 149 Å². The normalized spacial score (nSPS) is 18.6. The van der Waals surface area contributed by atoms with E-state index in [0.29, 0.717) is 6.04 Å². The number of H-pyrrole nitrogens is 1. The maximum atomic E-state index is 4.10. The first-order chi connectivity index (χ1) is 12.2. The first kappa shape index (κ1) is 16.2. The third-order valence-electron chi connectivity index (χ3n) is 5.21. The molecule has 0 saturated carbocycles. The lowest BCUT2D eigenvalue weighted by molar-refractivity contribution is 0.208. The number of likely N-dealkylation sites (tertiary alicyclic amines) is 1. The fourth-order valence-electron chi connectivity index (χ4n) is 3.85. The minimum atomic E-state index is 0.504. The molecule has 1 atom stereocenters. The quantitative estimate of drug-likeness (QED) is 0.749. The van der Waals surface area contributed by atoms with E-state index in [1.807, 2.05) is 6.20 Å². The molecule has 1 saturated heterocycles. The largest absolute Gasteiger partial charge is 0.381 e. The van der Waals surface area contributed by atoms with Crippen LogP contribution in [0.3, 0.4) is 0 Å². The van der Waals surface area contributed by atoms with Crippen LogP contribution in [0.1, 0.15) is 29.5 Å². The highest BCUT2D eigenvalue weighted by molar-refractivity contribution is 5.81. The minimum Gasteiger partial charge on any atom is -0.381 e. The second kappa shape index (κ2) is 6.89. The topological polar surface area (TPSA) is 44.0 Å². The smallest absolute Gasteiger partial charge is 0.0651 e. The van der Waals surface area contributed by atoms with E-state index in [0.717, 1.165) is 24.0 Å². The average molecular weight is 334 g/mol.